The van der Waals surface area contributed by atoms with Crippen LogP contribution in [0.1, 0.15) is 12.8 Å². The van der Waals surface area contributed by atoms with Gasteiger partial charge in [-0.15, -0.1) is 0 Å². The first-order chi connectivity index (χ1) is 13.3. The zero-order valence-electron chi connectivity index (χ0n) is 14.9. The molecule has 1 aromatic carbocycles. The number of amidine groups is 1. The van der Waals surface area contributed by atoms with E-state index in [2.05, 4.69) is 4.99 Å². The minimum Gasteiger partial charge on any atom is -0.381 e. The zero-order chi connectivity index (χ0) is 20.1. The average Bonchev–Trinajstić information content (AvgIpc) is 3.25. The lowest BCUT2D eigenvalue weighted by atomic mass is 10.1. The molecule has 0 bridgehead atoms. The van der Waals surface area contributed by atoms with E-state index in [1.165, 1.54) is 4.90 Å². The number of benzene rings is 1. The van der Waals surface area contributed by atoms with E-state index >= 15 is 0 Å². The Kier molecular flexibility index (Phi) is 6.61. The number of nitrogens with one attached hydrogen (secondary N) is 1. The Balaban J connectivity index is 1.71. The van der Waals surface area contributed by atoms with Gasteiger partial charge in [0.25, 0.3) is 0 Å². The van der Waals surface area contributed by atoms with Crippen LogP contribution in [0.15, 0.2) is 35.3 Å². The van der Waals surface area contributed by atoms with Crippen LogP contribution in [-0.2, 0) is 14.3 Å². The van der Waals surface area contributed by atoms with Crippen LogP contribution in [0.5, 0.6) is 0 Å². The van der Waals surface area contributed by atoms with Crippen molar-refractivity contribution in [3.63, 3.8) is 0 Å². The minimum atomic E-state index is -4.49. The van der Waals surface area contributed by atoms with Gasteiger partial charge >= 0.3 is 6.18 Å². The third-order valence-corrected chi connectivity index (χ3v) is 5.50. The standard InChI is InChI=1S/C18H20F3N3O3S/c19-18(20,21)11-22-15(25)8-14-16(26)24(9-12-6-7-27-10-12)17(28-14)23-13-4-2-1-3-5-13/h1-5,12,14H,6-11H2,(H,22,25). The normalized spacial score (nSPS) is 24.2. The first-order valence-electron chi connectivity index (χ1n) is 8.85. The summed E-state index contributed by atoms with van der Waals surface area (Å²) in [4.78, 5) is 30.7. The van der Waals surface area contributed by atoms with E-state index in [4.69, 9.17) is 4.74 Å². The van der Waals surface area contributed by atoms with Gasteiger partial charge in [-0.25, -0.2) is 4.99 Å². The average molecular weight is 415 g/mol. The highest BCUT2D eigenvalue weighted by molar-refractivity contribution is 8.15. The Morgan fingerprint density at radius 1 is 1.32 bits per heavy atom. The molecule has 0 radical (unpaired) electrons. The van der Waals surface area contributed by atoms with Gasteiger partial charge in [-0.05, 0) is 18.6 Å². The monoisotopic (exact) mass is 415 g/mol. The Morgan fingerprint density at radius 2 is 2.07 bits per heavy atom. The molecule has 2 atom stereocenters. The zero-order valence-corrected chi connectivity index (χ0v) is 15.8. The van der Waals surface area contributed by atoms with Crippen LogP contribution in [0.2, 0.25) is 0 Å². The van der Waals surface area contributed by atoms with Crippen LogP contribution in [0.4, 0.5) is 18.9 Å². The van der Waals surface area contributed by atoms with Crippen LogP contribution in [0.3, 0.4) is 0 Å². The summed E-state index contributed by atoms with van der Waals surface area (Å²) < 4.78 is 42.2. The van der Waals surface area contributed by atoms with Crippen LogP contribution in [0, 0.1) is 5.92 Å². The molecule has 152 valence electrons. The molecule has 2 saturated heterocycles. The lowest BCUT2D eigenvalue weighted by Gasteiger charge is -2.19. The van der Waals surface area contributed by atoms with Crippen molar-refractivity contribution in [2.45, 2.75) is 24.3 Å². The van der Waals surface area contributed by atoms with E-state index in [1.54, 1.807) is 12.1 Å². The number of para-hydroxylation sites is 1. The second kappa shape index (κ2) is 8.95. The van der Waals surface area contributed by atoms with Gasteiger partial charge in [-0.1, -0.05) is 30.0 Å². The van der Waals surface area contributed by atoms with Gasteiger partial charge in [-0.3, -0.25) is 14.5 Å². The summed E-state index contributed by atoms with van der Waals surface area (Å²) in [5.74, 6) is -0.953. The van der Waals surface area contributed by atoms with Crippen molar-refractivity contribution in [3.8, 4) is 0 Å². The molecule has 10 heteroatoms. The van der Waals surface area contributed by atoms with Gasteiger partial charge in [0.1, 0.15) is 11.8 Å². The molecule has 1 aromatic rings. The summed E-state index contributed by atoms with van der Waals surface area (Å²) in [7, 11) is 0. The quantitative estimate of drug-likeness (QED) is 0.776. The fourth-order valence-electron chi connectivity index (χ4n) is 2.93. The summed E-state index contributed by atoms with van der Waals surface area (Å²) in [6.07, 6.45) is -3.99. The number of carbonyl (C=O) groups is 2. The van der Waals surface area contributed by atoms with Crippen molar-refractivity contribution in [2.24, 2.45) is 10.9 Å². The minimum absolute atomic E-state index is 0.170. The fraction of sp³-hybridized carbons (Fsp3) is 0.500. The molecule has 3 rings (SSSR count). The molecule has 1 N–H and O–H groups in total. The van der Waals surface area contributed by atoms with E-state index in [0.29, 0.717) is 30.6 Å². The fourth-order valence-corrected chi connectivity index (χ4v) is 4.10. The molecular weight excluding hydrogens is 395 g/mol. The van der Waals surface area contributed by atoms with E-state index in [1.807, 2.05) is 23.5 Å². The lowest BCUT2D eigenvalue weighted by Crippen LogP contribution is -2.39. The number of hydrogen-bond donors (Lipinski definition) is 1. The van der Waals surface area contributed by atoms with E-state index < -0.39 is 23.9 Å². The van der Waals surface area contributed by atoms with Gasteiger partial charge in [-0.2, -0.15) is 13.2 Å². The third kappa shape index (κ3) is 5.71. The molecule has 2 unspecified atom stereocenters. The number of nitrogens with zero attached hydrogens (tertiary/aromatic N) is 2. The van der Waals surface area contributed by atoms with E-state index in [9.17, 15) is 22.8 Å². The van der Waals surface area contributed by atoms with Crippen LogP contribution >= 0.6 is 11.8 Å². The smallest absolute Gasteiger partial charge is 0.381 e. The second-order valence-corrected chi connectivity index (χ2v) is 7.78. The molecular formula is C18H20F3N3O3S. The molecule has 2 aliphatic rings. The summed E-state index contributed by atoms with van der Waals surface area (Å²) in [6.45, 7) is 0.182. The lowest BCUT2D eigenvalue weighted by molar-refractivity contribution is -0.139. The number of rotatable bonds is 6. The number of carbonyl (C=O) groups excluding carboxylic acids is 2. The van der Waals surface area contributed by atoms with Crippen molar-refractivity contribution < 1.29 is 27.5 Å². The maximum absolute atomic E-state index is 12.8. The molecule has 28 heavy (non-hydrogen) atoms. The Labute approximate surface area is 164 Å². The highest BCUT2D eigenvalue weighted by atomic mass is 32.2. The van der Waals surface area contributed by atoms with Gasteiger partial charge in [0.2, 0.25) is 11.8 Å². The molecule has 6 nitrogen and oxygen atoms in total. The third-order valence-electron chi connectivity index (χ3n) is 4.32. The first-order valence-corrected chi connectivity index (χ1v) is 9.73. The number of thioether (sulfide) groups is 1. The molecule has 2 fully saturated rings. The molecule has 0 aromatic heterocycles. The van der Waals surface area contributed by atoms with Gasteiger partial charge in [0.05, 0.1) is 12.3 Å². The molecule has 0 aliphatic carbocycles. The Morgan fingerprint density at radius 3 is 2.71 bits per heavy atom. The van der Waals surface area contributed by atoms with Crippen molar-refractivity contribution >= 4 is 34.4 Å². The van der Waals surface area contributed by atoms with Crippen LogP contribution in [0.25, 0.3) is 0 Å². The molecule has 2 amide bonds. The number of hydrogen-bond acceptors (Lipinski definition) is 5. The van der Waals surface area contributed by atoms with Crippen molar-refractivity contribution in [1.29, 1.82) is 0 Å². The van der Waals surface area contributed by atoms with Gasteiger partial charge in [0, 0.05) is 25.5 Å². The van der Waals surface area contributed by atoms with Gasteiger partial charge in [0.15, 0.2) is 5.17 Å². The molecule has 2 aliphatic heterocycles. The number of alkyl halides is 3. The largest absolute Gasteiger partial charge is 0.405 e. The van der Waals surface area contributed by atoms with Crippen LogP contribution < -0.4 is 5.32 Å². The molecule has 0 saturated carbocycles. The van der Waals surface area contributed by atoms with Gasteiger partial charge < -0.3 is 10.1 Å². The summed E-state index contributed by atoms with van der Waals surface area (Å²) in [6, 6.07) is 9.06. The van der Waals surface area contributed by atoms with E-state index in [-0.39, 0.29) is 18.2 Å². The van der Waals surface area contributed by atoms with Crippen LogP contribution in [-0.4, -0.2) is 59.6 Å². The number of halogens is 3. The summed E-state index contributed by atoms with van der Waals surface area (Å²) in [5, 5.41) is 1.48. The maximum atomic E-state index is 12.8. The highest BCUT2D eigenvalue weighted by Crippen LogP contribution is 2.33. The van der Waals surface area contributed by atoms with Crippen molar-refractivity contribution in [1.82, 2.24) is 10.2 Å². The topological polar surface area (TPSA) is 71.0 Å². The first kappa shape index (κ1) is 20.7. The SMILES string of the molecule is O=C(CC1SC(=Nc2ccccc2)N(CC2CCOC2)C1=O)NCC(F)(F)F. The van der Waals surface area contributed by atoms with E-state index in [0.717, 1.165) is 18.2 Å². The predicted molar refractivity (Wildman–Crippen MR) is 99.2 cm³/mol. The number of ether oxygens (including phenoxy) is 1. The summed E-state index contributed by atoms with van der Waals surface area (Å²) >= 11 is 1.11. The highest BCUT2D eigenvalue weighted by Gasteiger charge is 2.41. The Hall–Kier alpha value is -2.07. The van der Waals surface area contributed by atoms with Crippen molar-refractivity contribution in [3.05, 3.63) is 30.3 Å². The second-order valence-electron chi connectivity index (χ2n) is 6.61. The summed E-state index contributed by atoms with van der Waals surface area (Å²) in [5.41, 5.74) is 0.660. The van der Waals surface area contributed by atoms with Crippen molar-refractivity contribution in [2.75, 3.05) is 26.3 Å². The maximum Gasteiger partial charge on any atom is 0.405 e. The number of amides is 2. The Bertz CT molecular complexity index is 737. The number of aliphatic imine (C=N–C) groups is 1. The predicted octanol–water partition coefficient (Wildman–Crippen LogP) is 2.72. The molecule has 0 spiro atoms. The molecule has 2 heterocycles.